The number of nitrogens with two attached hydrogens (primary N) is 1. The van der Waals surface area contributed by atoms with Crippen LogP contribution in [0, 0.1) is 10.8 Å². The van der Waals surface area contributed by atoms with Crippen molar-refractivity contribution >= 4 is 5.91 Å². The van der Waals surface area contributed by atoms with Crippen molar-refractivity contribution in [2.45, 2.75) is 59.2 Å². The van der Waals surface area contributed by atoms with Crippen LogP contribution in [0.1, 0.15) is 41.0 Å². The zero-order valence-electron chi connectivity index (χ0n) is 11.8. The smallest absolute Gasteiger partial charge is 0.237 e. The Morgan fingerprint density at radius 1 is 1.47 bits per heavy atom. The highest BCUT2D eigenvalue weighted by atomic mass is 16.5. The molecule has 2 unspecified atom stereocenters. The van der Waals surface area contributed by atoms with Crippen LogP contribution in [-0.2, 0) is 9.53 Å². The summed E-state index contributed by atoms with van der Waals surface area (Å²) in [7, 11) is 1.71. The number of hydrogen-bond donors (Lipinski definition) is 2. The number of amides is 1. The second-order valence-electron chi connectivity index (χ2n) is 6.69. The summed E-state index contributed by atoms with van der Waals surface area (Å²) in [6, 6.07) is -0.312. The van der Waals surface area contributed by atoms with Crippen LogP contribution in [0.2, 0.25) is 0 Å². The number of nitrogens with one attached hydrogen (secondary N) is 1. The van der Waals surface area contributed by atoms with Crippen LogP contribution in [0.4, 0.5) is 0 Å². The number of ether oxygens (including phenoxy) is 1. The number of rotatable bonds is 3. The van der Waals surface area contributed by atoms with Crippen molar-refractivity contribution in [3.05, 3.63) is 0 Å². The third-order valence-electron chi connectivity index (χ3n) is 3.99. The summed E-state index contributed by atoms with van der Waals surface area (Å²) in [4.78, 5) is 12.0. The molecule has 0 aromatic carbocycles. The number of carbonyl (C=O) groups excluding carboxylic acids is 1. The molecule has 0 aromatic heterocycles. The highest BCUT2D eigenvalue weighted by molar-refractivity contribution is 5.82. The lowest BCUT2D eigenvalue weighted by Crippen LogP contribution is -2.64. The van der Waals surface area contributed by atoms with Crippen LogP contribution in [-0.4, -0.2) is 31.2 Å². The minimum absolute atomic E-state index is 0.0119. The zero-order chi connectivity index (χ0) is 13.4. The summed E-state index contributed by atoms with van der Waals surface area (Å²) < 4.78 is 5.36. The molecular formula is C13H26N2O2. The molecule has 0 bridgehead atoms. The SMILES string of the molecule is COC1CC(NC(=O)[C@H](N)C(C)(C)C)C1(C)C. The lowest BCUT2D eigenvalue weighted by atomic mass is 9.64. The average molecular weight is 242 g/mol. The summed E-state index contributed by atoms with van der Waals surface area (Å²) in [5.41, 5.74) is 5.71. The molecular weight excluding hydrogens is 216 g/mol. The van der Waals surface area contributed by atoms with Gasteiger partial charge in [0.15, 0.2) is 0 Å². The maximum absolute atomic E-state index is 12.0. The standard InChI is InChI=1S/C13H26N2O2/c1-12(2,3)10(14)11(16)15-8-7-9(17-6)13(8,4)5/h8-10H,7,14H2,1-6H3,(H,15,16)/t8?,9?,10-/m0/s1. The molecule has 4 heteroatoms. The first-order valence-electron chi connectivity index (χ1n) is 6.19. The highest BCUT2D eigenvalue weighted by Crippen LogP contribution is 2.42. The lowest BCUT2D eigenvalue weighted by Gasteiger charge is -2.51. The minimum atomic E-state index is -0.472. The van der Waals surface area contributed by atoms with E-state index >= 15 is 0 Å². The molecule has 1 fully saturated rings. The Morgan fingerprint density at radius 3 is 2.35 bits per heavy atom. The summed E-state index contributed by atoms with van der Waals surface area (Å²) in [5.74, 6) is -0.0647. The van der Waals surface area contributed by atoms with Gasteiger partial charge in [0.1, 0.15) is 0 Å². The Kier molecular flexibility index (Phi) is 3.89. The molecule has 1 aliphatic carbocycles. The average Bonchev–Trinajstić information content (AvgIpc) is 2.20. The fourth-order valence-electron chi connectivity index (χ4n) is 2.19. The van der Waals surface area contributed by atoms with Crippen molar-refractivity contribution < 1.29 is 9.53 Å². The third-order valence-corrected chi connectivity index (χ3v) is 3.99. The molecule has 0 radical (unpaired) electrons. The monoisotopic (exact) mass is 242 g/mol. The van der Waals surface area contributed by atoms with E-state index in [1.807, 2.05) is 20.8 Å². The van der Waals surface area contributed by atoms with Crippen molar-refractivity contribution in [3.8, 4) is 0 Å². The van der Waals surface area contributed by atoms with Crippen molar-refractivity contribution in [2.24, 2.45) is 16.6 Å². The van der Waals surface area contributed by atoms with E-state index in [1.54, 1.807) is 7.11 Å². The molecule has 0 saturated heterocycles. The van der Waals surface area contributed by atoms with Gasteiger partial charge in [0.05, 0.1) is 12.1 Å². The van der Waals surface area contributed by atoms with E-state index in [0.717, 1.165) is 6.42 Å². The van der Waals surface area contributed by atoms with E-state index in [4.69, 9.17) is 10.5 Å². The highest BCUT2D eigenvalue weighted by Gasteiger charge is 2.49. The first kappa shape index (κ1) is 14.5. The first-order chi connectivity index (χ1) is 7.60. The Morgan fingerprint density at radius 2 is 2.00 bits per heavy atom. The Bertz CT molecular complexity index is 294. The van der Waals surface area contributed by atoms with Gasteiger partial charge in [-0.05, 0) is 11.8 Å². The topological polar surface area (TPSA) is 64.3 Å². The summed E-state index contributed by atoms with van der Waals surface area (Å²) >= 11 is 0. The molecule has 0 spiro atoms. The van der Waals surface area contributed by atoms with Crippen molar-refractivity contribution in [3.63, 3.8) is 0 Å². The van der Waals surface area contributed by atoms with Gasteiger partial charge in [0.2, 0.25) is 5.91 Å². The number of carbonyl (C=O) groups is 1. The molecule has 0 aliphatic heterocycles. The summed E-state index contributed by atoms with van der Waals surface area (Å²) in [6.07, 6.45) is 1.09. The summed E-state index contributed by atoms with van der Waals surface area (Å²) in [6.45, 7) is 10.1. The molecule has 1 rings (SSSR count). The normalized spacial score (nSPS) is 29.4. The van der Waals surface area contributed by atoms with E-state index in [1.165, 1.54) is 0 Å². The van der Waals surface area contributed by atoms with E-state index in [2.05, 4.69) is 19.2 Å². The fourth-order valence-corrected chi connectivity index (χ4v) is 2.19. The van der Waals surface area contributed by atoms with E-state index in [0.29, 0.717) is 0 Å². The molecule has 17 heavy (non-hydrogen) atoms. The maximum Gasteiger partial charge on any atom is 0.237 e. The van der Waals surface area contributed by atoms with Crippen molar-refractivity contribution in [2.75, 3.05) is 7.11 Å². The summed E-state index contributed by atoms with van der Waals surface area (Å²) in [5, 5.41) is 3.03. The molecule has 0 aromatic rings. The van der Waals surface area contributed by atoms with Gasteiger partial charge in [-0.25, -0.2) is 0 Å². The van der Waals surface area contributed by atoms with E-state index in [9.17, 15) is 4.79 Å². The van der Waals surface area contributed by atoms with Gasteiger partial charge in [0, 0.05) is 18.6 Å². The lowest BCUT2D eigenvalue weighted by molar-refractivity contribution is -0.135. The van der Waals surface area contributed by atoms with Gasteiger partial charge < -0.3 is 15.8 Å². The van der Waals surface area contributed by atoms with Crippen LogP contribution >= 0.6 is 0 Å². The predicted molar refractivity (Wildman–Crippen MR) is 68.6 cm³/mol. The Balaban J connectivity index is 2.55. The molecule has 1 amide bonds. The molecule has 3 N–H and O–H groups in total. The van der Waals surface area contributed by atoms with Crippen molar-refractivity contribution in [1.29, 1.82) is 0 Å². The fraction of sp³-hybridized carbons (Fsp3) is 0.923. The molecule has 1 saturated carbocycles. The Hall–Kier alpha value is -0.610. The largest absolute Gasteiger partial charge is 0.381 e. The van der Waals surface area contributed by atoms with Crippen LogP contribution in [0.3, 0.4) is 0 Å². The van der Waals surface area contributed by atoms with Gasteiger partial charge in [-0.2, -0.15) is 0 Å². The van der Waals surface area contributed by atoms with E-state index < -0.39 is 6.04 Å². The first-order valence-corrected chi connectivity index (χ1v) is 6.19. The van der Waals surface area contributed by atoms with Crippen molar-refractivity contribution in [1.82, 2.24) is 5.32 Å². The van der Waals surface area contributed by atoms with E-state index in [-0.39, 0.29) is 28.9 Å². The molecule has 100 valence electrons. The quantitative estimate of drug-likeness (QED) is 0.784. The van der Waals surface area contributed by atoms with Crippen LogP contribution in [0.5, 0.6) is 0 Å². The maximum atomic E-state index is 12.0. The molecule has 4 nitrogen and oxygen atoms in total. The number of hydrogen-bond acceptors (Lipinski definition) is 3. The molecule has 0 heterocycles. The second-order valence-corrected chi connectivity index (χ2v) is 6.69. The van der Waals surface area contributed by atoms with Gasteiger partial charge >= 0.3 is 0 Å². The molecule has 1 aliphatic rings. The Labute approximate surface area is 104 Å². The third kappa shape index (κ3) is 2.80. The zero-order valence-corrected chi connectivity index (χ0v) is 11.8. The minimum Gasteiger partial charge on any atom is -0.381 e. The second kappa shape index (κ2) is 4.58. The van der Waals surface area contributed by atoms with Crippen LogP contribution in [0.25, 0.3) is 0 Å². The molecule has 3 atom stereocenters. The van der Waals surface area contributed by atoms with Gasteiger partial charge in [-0.1, -0.05) is 34.6 Å². The number of methoxy groups -OCH3 is 1. The van der Waals surface area contributed by atoms with Gasteiger partial charge in [-0.15, -0.1) is 0 Å². The van der Waals surface area contributed by atoms with Crippen LogP contribution < -0.4 is 11.1 Å². The van der Waals surface area contributed by atoms with Gasteiger partial charge in [-0.3, -0.25) is 4.79 Å². The van der Waals surface area contributed by atoms with Crippen LogP contribution in [0.15, 0.2) is 0 Å². The van der Waals surface area contributed by atoms with Gasteiger partial charge in [0.25, 0.3) is 0 Å². The predicted octanol–water partition coefficient (Wildman–Crippen LogP) is 1.29.